The Labute approximate surface area is 182 Å². The van der Waals surface area contributed by atoms with Crippen molar-refractivity contribution in [1.29, 1.82) is 0 Å². The molecule has 0 aliphatic carbocycles. The van der Waals surface area contributed by atoms with Gasteiger partial charge in [0.05, 0.1) is 16.7 Å². The van der Waals surface area contributed by atoms with Gasteiger partial charge in [-0.1, -0.05) is 23.9 Å². The van der Waals surface area contributed by atoms with E-state index in [1.54, 1.807) is 22.8 Å². The molecule has 1 N–H and O–H groups in total. The Bertz CT molecular complexity index is 1010. The Morgan fingerprint density at radius 1 is 1.37 bits per heavy atom. The van der Waals surface area contributed by atoms with Crippen LogP contribution in [0.4, 0.5) is 4.39 Å². The Morgan fingerprint density at radius 3 is 2.97 bits per heavy atom. The molecule has 1 atom stereocenters. The Kier molecular flexibility index (Phi) is 6.81. The standard InChI is InChI=1S/C21H23FN4O2S2/c1-14-9-12-29-19(14)20(27)23-10-8-18-24-25-21(30-13-15-5-4-11-28-15)26(18)17-7-3-2-6-16(17)22/h2-3,6-7,9,12,15H,4-5,8,10-11,13H2,1H3,(H,23,27)/t15-/m0/s1. The van der Waals surface area contributed by atoms with E-state index in [2.05, 4.69) is 15.5 Å². The van der Waals surface area contributed by atoms with E-state index in [4.69, 9.17) is 4.74 Å². The number of carbonyl (C=O) groups is 1. The van der Waals surface area contributed by atoms with Crippen LogP contribution in [0.1, 0.15) is 33.9 Å². The number of rotatable bonds is 8. The second kappa shape index (κ2) is 9.72. The van der Waals surface area contributed by atoms with Gasteiger partial charge in [-0.3, -0.25) is 9.36 Å². The molecule has 0 bridgehead atoms. The number of ether oxygens (including phenoxy) is 1. The molecule has 9 heteroatoms. The van der Waals surface area contributed by atoms with Crippen LogP contribution in [0, 0.1) is 12.7 Å². The van der Waals surface area contributed by atoms with Gasteiger partial charge < -0.3 is 10.1 Å². The van der Waals surface area contributed by atoms with Crippen molar-refractivity contribution in [3.8, 4) is 5.69 Å². The van der Waals surface area contributed by atoms with Crippen LogP contribution in [0.15, 0.2) is 40.9 Å². The molecule has 0 saturated carbocycles. The first-order valence-electron chi connectivity index (χ1n) is 9.89. The summed E-state index contributed by atoms with van der Waals surface area (Å²) in [7, 11) is 0. The molecule has 0 spiro atoms. The van der Waals surface area contributed by atoms with Crippen LogP contribution in [-0.2, 0) is 11.2 Å². The molecule has 2 aromatic heterocycles. The molecule has 1 fully saturated rings. The summed E-state index contributed by atoms with van der Waals surface area (Å²) < 4.78 is 22.0. The summed E-state index contributed by atoms with van der Waals surface area (Å²) in [6.07, 6.45) is 2.73. The highest BCUT2D eigenvalue weighted by atomic mass is 32.2. The largest absolute Gasteiger partial charge is 0.377 e. The quantitative estimate of drug-likeness (QED) is 0.530. The van der Waals surface area contributed by atoms with E-state index < -0.39 is 0 Å². The summed E-state index contributed by atoms with van der Waals surface area (Å²) in [5.41, 5.74) is 1.37. The molecule has 4 rings (SSSR count). The average molecular weight is 447 g/mol. The average Bonchev–Trinajstić information content (AvgIpc) is 3.48. The number of hydrogen-bond donors (Lipinski definition) is 1. The van der Waals surface area contributed by atoms with Crippen molar-refractivity contribution in [3.05, 3.63) is 57.8 Å². The predicted octanol–water partition coefficient (Wildman–Crippen LogP) is 4.02. The number of aromatic nitrogens is 3. The number of amides is 1. The second-order valence-electron chi connectivity index (χ2n) is 7.07. The number of halogens is 1. The number of thioether (sulfide) groups is 1. The molecule has 1 aliphatic heterocycles. The minimum absolute atomic E-state index is 0.104. The van der Waals surface area contributed by atoms with E-state index >= 15 is 0 Å². The van der Waals surface area contributed by atoms with Gasteiger partial charge in [-0.25, -0.2) is 4.39 Å². The lowest BCUT2D eigenvalue weighted by Crippen LogP contribution is -2.26. The lowest BCUT2D eigenvalue weighted by atomic mass is 10.2. The maximum atomic E-state index is 14.6. The normalized spacial score (nSPS) is 16.1. The van der Waals surface area contributed by atoms with Gasteiger partial charge in [0, 0.05) is 25.3 Å². The highest BCUT2D eigenvalue weighted by Crippen LogP contribution is 2.27. The SMILES string of the molecule is Cc1ccsc1C(=O)NCCc1nnc(SC[C@@H]2CCCO2)n1-c1ccccc1F. The van der Waals surface area contributed by atoms with Crippen molar-refractivity contribution in [2.75, 3.05) is 18.9 Å². The van der Waals surface area contributed by atoms with Crippen LogP contribution in [-0.4, -0.2) is 45.7 Å². The van der Waals surface area contributed by atoms with Crippen LogP contribution in [0.2, 0.25) is 0 Å². The van der Waals surface area contributed by atoms with Gasteiger partial charge in [0.15, 0.2) is 5.16 Å². The van der Waals surface area contributed by atoms with Crippen LogP contribution in [0.25, 0.3) is 5.69 Å². The summed E-state index contributed by atoms with van der Waals surface area (Å²) in [5, 5.41) is 14.0. The Morgan fingerprint density at radius 2 is 2.23 bits per heavy atom. The van der Waals surface area contributed by atoms with Crippen LogP contribution in [0.5, 0.6) is 0 Å². The molecular formula is C21H23FN4O2S2. The molecule has 6 nitrogen and oxygen atoms in total. The number of para-hydroxylation sites is 1. The van der Waals surface area contributed by atoms with Crippen molar-refractivity contribution in [3.63, 3.8) is 0 Å². The third-order valence-electron chi connectivity index (χ3n) is 4.92. The van der Waals surface area contributed by atoms with Crippen molar-refractivity contribution < 1.29 is 13.9 Å². The zero-order valence-electron chi connectivity index (χ0n) is 16.6. The minimum atomic E-state index is -0.337. The van der Waals surface area contributed by atoms with E-state index in [-0.39, 0.29) is 17.8 Å². The number of nitrogens with one attached hydrogen (secondary N) is 1. The fraction of sp³-hybridized carbons (Fsp3) is 0.381. The fourth-order valence-electron chi connectivity index (χ4n) is 3.35. The minimum Gasteiger partial charge on any atom is -0.377 e. The van der Waals surface area contributed by atoms with E-state index in [0.29, 0.717) is 34.5 Å². The predicted molar refractivity (Wildman–Crippen MR) is 116 cm³/mol. The lowest BCUT2D eigenvalue weighted by Gasteiger charge is -2.13. The van der Waals surface area contributed by atoms with E-state index in [1.807, 2.05) is 18.4 Å². The first kappa shape index (κ1) is 21.0. The van der Waals surface area contributed by atoms with Gasteiger partial charge in [0.2, 0.25) is 0 Å². The second-order valence-corrected chi connectivity index (χ2v) is 8.97. The first-order valence-corrected chi connectivity index (χ1v) is 11.8. The smallest absolute Gasteiger partial charge is 0.261 e. The third kappa shape index (κ3) is 4.74. The lowest BCUT2D eigenvalue weighted by molar-refractivity contribution is 0.0957. The van der Waals surface area contributed by atoms with E-state index in [0.717, 1.165) is 30.8 Å². The van der Waals surface area contributed by atoms with Crippen LogP contribution in [0.3, 0.4) is 0 Å². The number of benzene rings is 1. The number of carbonyl (C=O) groups excluding carboxylic acids is 1. The van der Waals surface area contributed by atoms with Gasteiger partial charge in [0.25, 0.3) is 5.91 Å². The molecule has 158 valence electrons. The molecule has 3 aromatic rings. The van der Waals surface area contributed by atoms with Crippen molar-refractivity contribution in [1.82, 2.24) is 20.1 Å². The third-order valence-corrected chi connectivity index (χ3v) is 6.99. The van der Waals surface area contributed by atoms with Crippen molar-refractivity contribution in [2.45, 2.75) is 37.4 Å². The molecule has 30 heavy (non-hydrogen) atoms. The summed E-state index contributed by atoms with van der Waals surface area (Å²) in [4.78, 5) is 13.1. The summed E-state index contributed by atoms with van der Waals surface area (Å²) in [6.45, 7) is 3.09. The number of aryl methyl sites for hydroxylation is 1. The molecule has 1 amide bonds. The molecule has 1 saturated heterocycles. The molecule has 0 radical (unpaired) electrons. The number of hydrogen-bond acceptors (Lipinski definition) is 6. The van der Waals surface area contributed by atoms with Gasteiger partial charge in [-0.2, -0.15) is 0 Å². The molecule has 1 aliphatic rings. The maximum absolute atomic E-state index is 14.6. The fourth-order valence-corrected chi connectivity index (χ4v) is 5.22. The first-order chi connectivity index (χ1) is 14.6. The van der Waals surface area contributed by atoms with E-state index in [1.165, 1.54) is 29.2 Å². The monoisotopic (exact) mass is 446 g/mol. The van der Waals surface area contributed by atoms with Gasteiger partial charge in [-0.05, 0) is 48.9 Å². The zero-order valence-corrected chi connectivity index (χ0v) is 18.3. The van der Waals surface area contributed by atoms with Crippen LogP contribution >= 0.6 is 23.1 Å². The van der Waals surface area contributed by atoms with Crippen LogP contribution < -0.4 is 5.32 Å². The number of nitrogens with zero attached hydrogens (tertiary/aromatic N) is 3. The molecular weight excluding hydrogens is 423 g/mol. The maximum Gasteiger partial charge on any atom is 0.261 e. The molecule has 0 unspecified atom stereocenters. The van der Waals surface area contributed by atoms with Crippen molar-refractivity contribution >= 4 is 29.0 Å². The molecule has 3 heterocycles. The highest BCUT2D eigenvalue weighted by Gasteiger charge is 2.21. The Balaban J connectivity index is 1.49. The summed E-state index contributed by atoms with van der Waals surface area (Å²) >= 11 is 2.94. The Hall–Kier alpha value is -2.23. The zero-order chi connectivity index (χ0) is 20.9. The van der Waals surface area contributed by atoms with E-state index in [9.17, 15) is 9.18 Å². The topological polar surface area (TPSA) is 69.0 Å². The summed E-state index contributed by atoms with van der Waals surface area (Å²) in [5.74, 6) is 0.919. The van der Waals surface area contributed by atoms with Gasteiger partial charge in [0.1, 0.15) is 11.6 Å². The number of thiophene rings is 1. The highest BCUT2D eigenvalue weighted by molar-refractivity contribution is 7.99. The van der Waals surface area contributed by atoms with Gasteiger partial charge in [-0.15, -0.1) is 21.5 Å². The summed E-state index contributed by atoms with van der Waals surface area (Å²) in [6, 6.07) is 8.51. The van der Waals surface area contributed by atoms with Gasteiger partial charge >= 0.3 is 0 Å². The van der Waals surface area contributed by atoms with Crippen molar-refractivity contribution in [2.24, 2.45) is 0 Å². The molecule has 1 aromatic carbocycles.